The maximum Gasteiger partial charge on any atom is 0.137 e. The fourth-order valence-electron chi connectivity index (χ4n) is 2.04. The zero-order valence-corrected chi connectivity index (χ0v) is 12.9. The summed E-state index contributed by atoms with van der Waals surface area (Å²) in [7, 11) is 1.57. The van der Waals surface area contributed by atoms with Gasteiger partial charge in [0.05, 0.1) is 18.1 Å². The Hall–Kier alpha value is -1.45. The largest absolute Gasteiger partial charge is 0.495 e. The third-order valence-electron chi connectivity index (χ3n) is 3.15. The van der Waals surface area contributed by atoms with Gasteiger partial charge in [-0.3, -0.25) is 0 Å². The van der Waals surface area contributed by atoms with Gasteiger partial charge in [-0.2, -0.15) is 0 Å². The molecule has 1 unspecified atom stereocenters. The van der Waals surface area contributed by atoms with Gasteiger partial charge in [0.1, 0.15) is 12.0 Å². The zero-order valence-electron chi connectivity index (χ0n) is 11.3. The minimum absolute atomic E-state index is 0.311. The maximum absolute atomic E-state index is 11.4. The molecule has 0 heterocycles. The number of hydrogen-bond donors (Lipinski definition) is 0. The molecule has 20 heavy (non-hydrogen) atoms. The van der Waals surface area contributed by atoms with Gasteiger partial charge in [-0.15, -0.1) is 11.8 Å². The number of benzene rings is 2. The molecule has 0 radical (unpaired) electrons. The molecular formula is C16H15ClO2S. The van der Waals surface area contributed by atoms with Crippen LogP contribution in [-0.2, 0) is 4.79 Å². The highest BCUT2D eigenvalue weighted by atomic mass is 35.5. The molecule has 0 bridgehead atoms. The van der Waals surface area contributed by atoms with Crippen molar-refractivity contribution in [1.29, 1.82) is 0 Å². The van der Waals surface area contributed by atoms with Crippen LogP contribution in [0.2, 0.25) is 5.02 Å². The van der Waals surface area contributed by atoms with Gasteiger partial charge in [0.15, 0.2) is 0 Å². The predicted molar refractivity (Wildman–Crippen MR) is 84.1 cm³/mol. The molecule has 0 aliphatic heterocycles. The van der Waals surface area contributed by atoms with Crippen LogP contribution in [0.25, 0.3) is 0 Å². The first-order valence-corrected chi connectivity index (χ1v) is 7.72. The van der Waals surface area contributed by atoms with Crippen LogP contribution in [0, 0.1) is 0 Å². The lowest BCUT2D eigenvalue weighted by molar-refractivity contribution is -0.108. The van der Waals surface area contributed by atoms with E-state index in [2.05, 4.69) is 0 Å². The van der Waals surface area contributed by atoms with Crippen molar-refractivity contribution in [3.05, 3.63) is 58.6 Å². The lowest BCUT2D eigenvalue weighted by Crippen LogP contribution is -2.02. The fourth-order valence-corrected chi connectivity index (χ4v) is 2.71. The smallest absolute Gasteiger partial charge is 0.137 e. The number of thioether (sulfide) groups is 1. The second-order valence-corrected chi connectivity index (χ2v) is 5.57. The number of hydrogen-bond acceptors (Lipinski definition) is 3. The third-order valence-corrected chi connectivity index (χ3v) is 4.18. The highest BCUT2D eigenvalue weighted by Gasteiger charge is 2.15. The van der Waals surface area contributed by atoms with Crippen molar-refractivity contribution in [2.75, 3.05) is 13.4 Å². The highest BCUT2D eigenvalue weighted by molar-refractivity contribution is 7.98. The molecule has 2 aromatic rings. The molecule has 0 fully saturated rings. The molecule has 0 saturated carbocycles. The summed E-state index contributed by atoms with van der Waals surface area (Å²) in [5, 5.41) is 0.512. The van der Waals surface area contributed by atoms with Gasteiger partial charge in [0, 0.05) is 4.90 Å². The Labute approximate surface area is 128 Å². The number of carbonyl (C=O) groups is 1. The standard InChI is InChI=1S/C16H15ClO2S/c1-19-16-8-5-12(9-15(16)17)14(10-18)11-3-6-13(20-2)7-4-11/h3-10,14H,1-2H3. The van der Waals surface area contributed by atoms with E-state index in [9.17, 15) is 4.79 Å². The van der Waals surface area contributed by atoms with Crippen LogP contribution in [0.5, 0.6) is 5.75 Å². The molecule has 0 aromatic heterocycles. The molecule has 0 N–H and O–H groups in total. The van der Waals surface area contributed by atoms with Crippen LogP contribution < -0.4 is 4.74 Å². The number of ether oxygens (including phenoxy) is 1. The Kier molecular flexibility index (Phi) is 5.10. The highest BCUT2D eigenvalue weighted by Crippen LogP contribution is 2.31. The van der Waals surface area contributed by atoms with E-state index in [4.69, 9.17) is 16.3 Å². The summed E-state index contributed by atoms with van der Waals surface area (Å²) < 4.78 is 5.13. The molecule has 2 nitrogen and oxygen atoms in total. The van der Waals surface area contributed by atoms with Crippen molar-refractivity contribution in [3.63, 3.8) is 0 Å². The van der Waals surface area contributed by atoms with E-state index in [1.165, 1.54) is 4.90 Å². The summed E-state index contributed by atoms with van der Waals surface area (Å²) in [5.41, 5.74) is 1.82. The van der Waals surface area contributed by atoms with Crippen LogP contribution in [0.15, 0.2) is 47.4 Å². The summed E-state index contributed by atoms with van der Waals surface area (Å²) in [5.74, 6) is 0.298. The summed E-state index contributed by atoms with van der Waals surface area (Å²) in [4.78, 5) is 12.6. The summed E-state index contributed by atoms with van der Waals surface area (Å²) in [6.45, 7) is 0. The number of carbonyl (C=O) groups excluding carboxylic acids is 1. The van der Waals surface area contributed by atoms with Crippen molar-refractivity contribution in [2.45, 2.75) is 10.8 Å². The van der Waals surface area contributed by atoms with Gasteiger partial charge in [-0.05, 0) is 41.6 Å². The van der Waals surface area contributed by atoms with Crippen molar-refractivity contribution in [2.24, 2.45) is 0 Å². The topological polar surface area (TPSA) is 26.3 Å². The second kappa shape index (κ2) is 6.82. The molecule has 4 heteroatoms. The number of halogens is 1. The Bertz CT molecular complexity index is 596. The van der Waals surface area contributed by atoms with Gasteiger partial charge in [-0.25, -0.2) is 0 Å². The molecule has 2 aromatic carbocycles. The Morgan fingerprint density at radius 2 is 1.80 bits per heavy atom. The van der Waals surface area contributed by atoms with Gasteiger partial charge < -0.3 is 9.53 Å². The first-order chi connectivity index (χ1) is 9.69. The van der Waals surface area contributed by atoms with Crippen LogP contribution >= 0.6 is 23.4 Å². The van der Waals surface area contributed by atoms with Gasteiger partial charge in [0.2, 0.25) is 0 Å². The van der Waals surface area contributed by atoms with Crippen molar-refractivity contribution >= 4 is 29.6 Å². The Balaban J connectivity index is 2.35. The van der Waals surface area contributed by atoms with E-state index in [0.717, 1.165) is 17.4 Å². The number of rotatable bonds is 5. The van der Waals surface area contributed by atoms with Gasteiger partial charge in [0.25, 0.3) is 0 Å². The molecule has 0 saturated heterocycles. The zero-order chi connectivity index (χ0) is 14.5. The summed E-state index contributed by atoms with van der Waals surface area (Å²) in [6.07, 6.45) is 2.96. The van der Waals surface area contributed by atoms with E-state index >= 15 is 0 Å². The molecule has 0 amide bonds. The normalized spacial score (nSPS) is 11.9. The monoisotopic (exact) mass is 306 g/mol. The summed E-state index contributed by atoms with van der Waals surface area (Å²) in [6, 6.07) is 13.4. The Morgan fingerprint density at radius 1 is 1.15 bits per heavy atom. The van der Waals surface area contributed by atoms with E-state index in [-0.39, 0.29) is 5.92 Å². The maximum atomic E-state index is 11.4. The molecule has 0 spiro atoms. The first kappa shape index (κ1) is 14.9. The predicted octanol–water partition coefficient (Wildman–Crippen LogP) is 4.40. The molecule has 2 rings (SSSR count). The first-order valence-electron chi connectivity index (χ1n) is 6.12. The average Bonchev–Trinajstić information content (AvgIpc) is 2.49. The van der Waals surface area contributed by atoms with E-state index in [0.29, 0.717) is 10.8 Å². The minimum atomic E-state index is -0.311. The second-order valence-electron chi connectivity index (χ2n) is 4.28. The van der Waals surface area contributed by atoms with Crippen molar-refractivity contribution < 1.29 is 9.53 Å². The lowest BCUT2D eigenvalue weighted by atomic mass is 9.93. The minimum Gasteiger partial charge on any atom is -0.495 e. The summed E-state index contributed by atoms with van der Waals surface area (Å²) >= 11 is 7.80. The molecular weight excluding hydrogens is 292 g/mol. The van der Waals surface area contributed by atoms with Gasteiger partial charge >= 0.3 is 0 Å². The van der Waals surface area contributed by atoms with Crippen molar-refractivity contribution in [1.82, 2.24) is 0 Å². The van der Waals surface area contributed by atoms with E-state index < -0.39 is 0 Å². The third kappa shape index (κ3) is 3.17. The lowest BCUT2D eigenvalue weighted by Gasteiger charge is -2.13. The average molecular weight is 307 g/mol. The van der Waals surface area contributed by atoms with Crippen molar-refractivity contribution in [3.8, 4) is 5.75 Å². The van der Waals surface area contributed by atoms with E-state index in [1.54, 1.807) is 31.0 Å². The quantitative estimate of drug-likeness (QED) is 0.605. The van der Waals surface area contributed by atoms with Crippen LogP contribution in [0.3, 0.4) is 0 Å². The van der Waals surface area contributed by atoms with Gasteiger partial charge in [-0.1, -0.05) is 29.8 Å². The number of methoxy groups -OCH3 is 1. The molecule has 0 aliphatic rings. The SMILES string of the molecule is COc1ccc(C(C=O)c2ccc(SC)cc2)cc1Cl. The molecule has 0 aliphatic carbocycles. The van der Waals surface area contributed by atoms with Crippen LogP contribution in [-0.4, -0.2) is 19.7 Å². The molecule has 104 valence electrons. The Morgan fingerprint density at radius 3 is 2.30 bits per heavy atom. The van der Waals surface area contributed by atoms with Crippen LogP contribution in [0.1, 0.15) is 17.0 Å². The number of aldehydes is 1. The van der Waals surface area contributed by atoms with E-state index in [1.807, 2.05) is 36.6 Å². The molecule has 1 atom stereocenters. The van der Waals surface area contributed by atoms with Crippen LogP contribution in [0.4, 0.5) is 0 Å². The fraction of sp³-hybridized carbons (Fsp3) is 0.188.